The van der Waals surface area contributed by atoms with E-state index in [1.54, 1.807) is 12.4 Å². The van der Waals surface area contributed by atoms with Crippen molar-refractivity contribution >= 4 is 11.6 Å². The minimum atomic E-state index is 0.00139. The molecule has 0 amide bonds. The van der Waals surface area contributed by atoms with E-state index in [9.17, 15) is 0 Å². The molecule has 0 spiro atoms. The van der Waals surface area contributed by atoms with Crippen LogP contribution in [0.4, 0.5) is 0 Å². The Hall–Kier alpha value is -1.38. The van der Waals surface area contributed by atoms with Crippen LogP contribution in [-0.4, -0.2) is 10.1 Å². The third-order valence-corrected chi connectivity index (χ3v) is 2.37. The smallest absolute Gasteiger partial charge is 0.0697 e. The second-order valence-electron chi connectivity index (χ2n) is 3.25. The van der Waals surface area contributed by atoms with Gasteiger partial charge in [-0.2, -0.15) is 0 Å². The summed E-state index contributed by atoms with van der Waals surface area (Å²) in [7, 11) is 0. The van der Waals surface area contributed by atoms with Crippen molar-refractivity contribution < 1.29 is 5.11 Å². The lowest BCUT2D eigenvalue weighted by molar-refractivity contribution is 0.281. The largest absolute Gasteiger partial charge is 0.392 e. The second kappa shape index (κ2) is 4.43. The molecule has 0 saturated carbocycles. The average Bonchev–Trinajstić information content (AvgIpc) is 2.29. The van der Waals surface area contributed by atoms with Gasteiger partial charge in [0.15, 0.2) is 0 Å². The van der Waals surface area contributed by atoms with Gasteiger partial charge >= 0.3 is 0 Å². The first kappa shape index (κ1) is 10.1. The molecule has 0 fully saturated rings. The number of pyridine rings is 1. The van der Waals surface area contributed by atoms with Gasteiger partial charge in [-0.25, -0.2) is 0 Å². The Labute approximate surface area is 93.2 Å². The standard InChI is InChI=1S/C12H10ClNO/c13-12-3-1-2-10(5-12)11-4-9(8-15)6-14-7-11/h1-7,15H,8H2. The maximum atomic E-state index is 9.00. The van der Waals surface area contributed by atoms with Crippen LogP contribution in [0.15, 0.2) is 42.7 Å². The molecular formula is C12H10ClNO. The minimum Gasteiger partial charge on any atom is -0.392 e. The number of rotatable bonds is 2. The summed E-state index contributed by atoms with van der Waals surface area (Å²) in [6.45, 7) is 0.00139. The lowest BCUT2D eigenvalue weighted by atomic mass is 10.1. The number of aliphatic hydroxyl groups excluding tert-OH is 1. The predicted octanol–water partition coefficient (Wildman–Crippen LogP) is 2.89. The van der Waals surface area contributed by atoms with Crippen molar-refractivity contribution in [3.8, 4) is 11.1 Å². The van der Waals surface area contributed by atoms with Gasteiger partial charge in [-0.3, -0.25) is 4.98 Å². The molecule has 1 heterocycles. The number of hydrogen-bond donors (Lipinski definition) is 1. The molecule has 2 nitrogen and oxygen atoms in total. The van der Waals surface area contributed by atoms with Crippen molar-refractivity contribution in [3.05, 3.63) is 53.3 Å². The predicted molar refractivity (Wildman–Crippen MR) is 60.6 cm³/mol. The van der Waals surface area contributed by atoms with Crippen molar-refractivity contribution in [1.29, 1.82) is 0 Å². The van der Waals surface area contributed by atoms with E-state index in [2.05, 4.69) is 4.98 Å². The highest BCUT2D eigenvalue weighted by Crippen LogP contribution is 2.22. The van der Waals surface area contributed by atoms with Gasteiger partial charge < -0.3 is 5.11 Å². The van der Waals surface area contributed by atoms with Crippen LogP contribution in [-0.2, 0) is 6.61 Å². The molecule has 0 atom stereocenters. The first-order valence-electron chi connectivity index (χ1n) is 4.60. The quantitative estimate of drug-likeness (QED) is 0.843. The molecule has 1 aromatic carbocycles. The van der Waals surface area contributed by atoms with E-state index in [4.69, 9.17) is 16.7 Å². The second-order valence-corrected chi connectivity index (χ2v) is 3.69. The SMILES string of the molecule is OCc1cncc(-c2cccc(Cl)c2)c1. The third kappa shape index (κ3) is 2.35. The number of halogens is 1. The molecular weight excluding hydrogens is 210 g/mol. The van der Waals surface area contributed by atoms with E-state index in [-0.39, 0.29) is 6.61 Å². The third-order valence-electron chi connectivity index (χ3n) is 2.14. The Kier molecular flexibility index (Phi) is 2.99. The van der Waals surface area contributed by atoms with E-state index >= 15 is 0 Å². The topological polar surface area (TPSA) is 33.1 Å². The Morgan fingerprint density at radius 2 is 2.00 bits per heavy atom. The lowest BCUT2D eigenvalue weighted by Crippen LogP contribution is -1.87. The van der Waals surface area contributed by atoms with Gasteiger partial charge in [-0.1, -0.05) is 23.7 Å². The van der Waals surface area contributed by atoms with Crippen LogP contribution in [0.25, 0.3) is 11.1 Å². The number of nitrogens with zero attached hydrogens (tertiary/aromatic N) is 1. The van der Waals surface area contributed by atoms with Crippen molar-refractivity contribution in [2.45, 2.75) is 6.61 Å². The summed E-state index contributed by atoms with van der Waals surface area (Å²) in [5.41, 5.74) is 2.77. The van der Waals surface area contributed by atoms with Crippen molar-refractivity contribution in [2.75, 3.05) is 0 Å². The molecule has 1 N–H and O–H groups in total. The molecule has 0 aliphatic rings. The summed E-state index contributed by atoms with van der Waals surface area (Å²) in [6.07, 6.45) is 3.40. The van der Waals surface area contributed by atoms with E-state index in [0.29, 0.717) is 5.02 Å². The van der Waals surface area contributed by atoms with Crippen LogP contribution >= 0.6 is 11.6 Å². The summed E-state index contributed by atoms with van der Waals surface area (Å²) in [6, 6.07) is 9.46. The molecule has 1 aromatic heterocycles. The monoisotopic (exact) mass is 219 g/mol. The average molecular weight is 220 g/mol. The Balaban J connectivity index is 2.44. The highest BCUT2D eigenvalue weighted by molar-refractivity contribution is 6.30. The minimum absolute atomic E-state index is 0.00139. The number of aromatic nitrogens is 1. The molecule has 0 unspecified atom stereocenters. The van der Waals surface area contributed by atoms with Gasteiger partial charge in [-0.05, 0) is 29.3 Å². The van der Waals surface area contributed by atoms with Crippen molar-refractivity contribution in [3.63, 3.8) is 0 Å². The first-order chi connectivity index (χ1) is 7.29. The molecule has 2 aromatic rings. The summed E-state index contributed by atoms with van der Waals surface area (Å²) < 4.78 is 0. The van der Waals surface area contributed by atoms with Gasteiger partial charge in [0.1, 0.15) is 0 Å². The molecule has 76 valence electrons. The van der Waals surface area contributed by atoms with E-state index in [1.165, 1.54) is 0 Å². The molecule has 15 heavy (non-hydrogen) atoms. The summed E-state index contributed by atoms with van der Waals surface area (Å²) in [5.74, 6) is 0. The van der Waals surface area contributed by atoms with E-state index in [1.807, 2.05) is 30.3 Å². The fourth-order valence-electron chi connectivity index (χ4n) is 1.40. The highest BCUT2D eigenvalue weighted by atomic mass is 35.5. The van der Waals surface area contributed by atoms with E-state index in [0.717, 1.165) is 16.7 Å². The van der Waals surface area contributed by atoms with Crippen LogP contribution in [0.1, 0.15) is 5.56 Å². The van der Waals surface area contributed by atoms with Crippen LogP contribution in [0.5, 0.6) is 0 Å². The van der Waals surface area contributed by atoms with E-state index < -0.39 is 0 Å². The maximum absolute atomic E-state index is 9.00. The van der Waals surface area contributed by atoms with Gasteiger partial charge in [0, 0.05) is 23.0 Å². The summed E-state index contributed by atoms with van der Waals surface area (Å²) in [5, 5.41) is 9.69. The Morgan fingerprint density at radius 3 is 2.73 bits per heavy atom. The lowest BCUT2D eigenvalue weighted by Gasteiger charge is -2.03. The van der Waals surface area contributed by atoms with Crippen LogP contribution in [0.3, 0.4) is 0 Å². The van der Waals surface area contributed by atoms with Crippen LogP contribution < -0.4 is 0 Å². The number of hydrogen-bond acceptors (Lipinski definition) is 2. The Morgan fingerprint density at radius 1 is 1.13 bits per heavy atom. The molecule has 2 rings (SSSR count). The fourth-order valence-corrected chi connectivity index (χ4v) is 1.59. The fraction of sp³-hybridized carbons (Fsp3) is 0.0833. The Bertz CT molecular complexity index is 471. The van der Waals surface area contributed by atoms with Crippen LogP contribution in [0, 0.1) is 0 Å². The van der Waals surface area contributed by atoms with Gasteiger partial charge in [0.25, 0.3) is 0 Å². The van der Waals surface area contributed by atoms with Gasteiger partial charge in [0.05, 0.1) is 6.61 Å². The zero-order valence-electron chi connectivity index (χ0n) is 8.02. The zero-order valence-corrected chi connectivity index (χ0v) is 8.78. The van der Waals surface area contributed by atoms with Crippen LogP contribution in [0.2, 0.25) is 5.02 Å². The zero-order chi connectivity index (χ0) is 10.7. The summed E-state index contributed by atoms with van der Waals surface area (Å²) >= 11 is 5.90. The summed E-state index contributed by atoms with van der Waals surface area (Å²) in [4.78, 5) is 4.06. The molecule has 0 saturated heterocycles. The molecule has 0 radical (unpaired) electrons. The number of aliphatic hydroxyl groups is 1. The molecule has 0 bridgehead atoms. The normalized spacial score (nSPS) is 10.3. The molecule has 0 aliphatic heterocycles. The van der Waals surface area contributed by atoms with Crippen molar-refractivity contribution in [1.82, 2.24) is 4.98 Å². The maximum Gasteiger partial charge on any atom is 0.0697 e. The number of benzene rings is 1. The van der Waals surface area contributed by atoms with Gasteiger partial charge in [-0.15, -0.1) is 0 Å². The first-order valence-corrected chi connectivity index (χ1v) is 4.98. The molecule has 3 heteroatoms. The highest BCUT2D eigenvalue weighted by Gasteiger charge is 2.00. The van der Waals surface area contributed by atoms with Gasteiger partial charge in [0.2, 0.25) is 0 Å². The molecule has 0 aliphatic carbocycles. The van der Waals surface area contributed by atoms with Crippen molar-refractivity contribution in [2.24, 2.45) is 0 Å².